The lowest BCUT2D eigenvalue weighted by atomic mass is 9.95. The van der Waals surface area contributed by atoms with Gasteiger partial charge in [-0.15, -0.1) is 0 Å². The number of methoxy groups -OCH3 is 1. The molecule has 1 aromatic heterocycles. The van der Waals surface area contributed by atoms with Gasteiger partial charge >= 0.3 is 0 Å². The molecular weight excluding hydrogens is 342 g/mol. The van der Waals surface area contributed by atoms with E-state index in [4.69, 9.17) is 4.74 Å². The van der Waals surface area contributed by atoms with Gasteiger partial charge in [-0.2, -0.15) is 0 Å². The minimum atomic E-state index is -0.231. The van der Waals surface area contributed by atoms with Crippen LogP contribution in [0.25, 0.3) is 0 Å². The molecule has 1 aliphatic heterocycles. The van der Waals surface area contributed by atoms with Crippen molar-refractivity contribution in [2.45, 2.75) is 38.1 Å². The van der Waals surface area contributed by atoms with E-state index in [9.17, 15) is 9.59 Å². The van der Waals surface area contributed by atoms with Gasteiger partial charge in [-0.3, -0.25) is 14.6 Å². The molecule has 1 saturated heterocycles. The SMILES string of the molecule is COc1ccccc1N1C[C@H](NC(=O)c2cnc3c(c2)CCCC3)CC1=O. The molecular formula is C21H23N3O3. The quantitative estimate of drug-likeness (QED) is 0.904. The Balaban J connectivity index is 1.46. The van der Waals surface area contributed by atoms with Crippen molar-refractivity contribution in [3.05, 3.63) is 53.3 Å². The topological polar surface area (TPSA) is 71.5 Å². The Kier molecular flexibility index (Phi) is 4.79. The summed E-state index contributed by atoms with van der Waals surface area (Å²) in [6.45, 7) is 0.434. The number of amides is 2. The number of nitrogens with zero attached hydrogens (tertiary/aromatic N) is 2. The second kappa shape index (κ2) is 7.39. The van der Waals surface area contributed by atoms with Crippen LogP contribution in [0.5, 0.6) is 5.75 Å². The summed E-state index contributed by atoms with van der Waals surface area (Å²) in [7, 11) is 1.59. The van der Waals surface area contributed by atoms with Crippen LogP contribution in [-0.2, 0) is 17.6 Å². The summed E-state index contributed by atoms with van der Waals surface area (Å²) in [6, 6.07) is 9.14. The third-order valence-electron chi connectivity index (χ3n) is 5.27. The first kappa shape index (κ1) is 17.5. The number of anilines is 1. The van der Waals surface area contributed by atoms with Crippen molar-refractivity contribution >= 4 is 17.5 Å². The number of benzene rings is 1. The second-order valence-electron chi connectivity index (χ2n) is 7.09. The van der Waals surface area contributed by atoms with Crippen LogP contribution in [0.1, 0.15) is 40.9 Å². The number of para-hydroxylation sites is 2. The Bertz CT molecular complexity index is 881. The Morgan fingerprint density at radius 3 is 2.93 bits per heavy atom. The zero-order chi connectivity index (χ0) is 18.8. The van der Waals surface area contributed by atoms with E-state index in [1.165, 1.54) is 5.56 Å². The highest BCUT2D eigenvalue weighted by Gasteiger charge is 2.33. The molecule has 2 heterocycles. The summed E-state index contributed by atoms with van der Waals surface area (Å²) in [4.78, 5) is 31.3. The highest BCUT2D eigenvalue weighted by atomic mass is 16.5. The molecule has 6 nitrogen and oxygen atoms in total. The molecule has 0 saturated carbocycles. The molecule has 1 fully saturated rings. The lowest BCUT2D eigenvalue weighted by Gasteiger charge is -2.20. The van der Waals surface area contributed by atoms with E-state index < -0.39 is 0 Å². The fraction of sp³-hybridized carbons (Fsp3) is 0.381. The predicted octanol–water partition coefficient (Wildman–Crippen LogP) is 2.50. The van der Waals surface area contributed by atoms with E-state index in [2.05, 4.69) is 10.3 Å². The molecule has 0 radical (unpaired) electrons. The van der Waals surface area contributed by atoms with Gasteiger partial charge in [0.05, 0.1) is 24.4 Å². The third kappa shape index (κ3) is 3.52. The lowest BCUT2D eigenvalue weighted by Crippen LogP contribution is -2.37. The Morgan fingerprint density at radius 2 is 2.07 bits per heavy atom. The second-order valence-corrected chi connectivity index (χ2v) is 7.09. The number of rotatable bonds is 4. The van der Waals surface area contributed by atoms with Crippen molar-refractivity contribution < 1.29 is 14.3 Å². The van der Waals surface area contributed by atoms with Gasteiger partial charge in [-0.1, -0.05) is 12.1 Å². The fourth-order valence-electron chi connectivity index (χ4n) is 3.87. The number of aromatic nitrogens is 1. The van der Waals surface area contributed by atoms with Crippen LogP contribution in [0.4, 0.5) is 5.69 Å². The van der Waals surface area contributed by atoms with Crippen LogP contribution < -0.4 is 15.0 Å². The minimum absolute atomic E-state index is 0.0200. The molecule has 4 rings (SSSR count). The summed E-state index contributed by atoms with van der Waals surface area (Å²) < 4.78 is 5.36. The maximum Gasteiger partial charge on any atom is 0.253 e. The van der Waals surface area contributed by atoms with Gasteiger partial charge < -0.3 is 15.0 Å². The van der Waals surface area contributed by atoms with Crippen molar-refractivity contribution in [3.8, 4) is 5.75 Å². The minimum Gasteiger partial charge on any atom is -0.495 e. The van der Waals surface area contributed by atoms with Crippen LogP contribution in [0.2, 0.25) is 0 Å². The first-order valence-electron chi connectivity index (χ1n) is 9.38. The van der Waals surface area contributed by atoms with Gasteiger partial charge in [0.15, 0.2) is 0 Å². The number of ether oxygens (including phenoxy) is 1. The van der Waals surface area contributed by atoms with E-state index in [0.29, 0.717) is 17.9 Å². The Morgan fingerprint density at radius 1 is 1.26 bits per heavy atom. The van der Waals surface area contributed by atoms with Crippen LogP contribution in [-0.4, -0.2) is 36.5 Å². The molecule has 1 atom stereocenters. The van der Waals surface area contributed by atoms with Crippen molar-refractivity contribution in [3.63, 3.8) is 0 Å². The van der Waals surface area contributed by atoms with Crippen molar-refractivity contribution in [1.29, 1.82) is 0 Å². The molecule has 0 spiro atoms. The van der Waals surface area contributed by atoms with E-state index >= 15 is 0 Å². The van der Waals surface area contributed by atoms with E-state index in [1.54, 1.807) is 18.2 Å². The number of carbonyl (C=O) groups excluding carboxylic acids is 2. The highest BCUT2D eigenvalue weighted by molar-refractivity contribution is 5.99. The summed E-state index contributed by atoms with van der Waals surface area (Å²) >= 11 is 0. The lowest BCUT2D eigenvalue weighted by molar-refractivity contribution is -0.117. The van der Waals surface area contributed by atoms with Gasteiger partial charge in [0.2, 0.25) is 5.91 Å². The molecule has 1 N–H and O–H groups in total. The molecule has 0 bridgehead atoms. The highest BCUT2D eigenvalue weighted by Crippen LogP contribution is 2.31. The smallest absolute Gasteiger partial charge is 0.253 e. The summed E-state index contributed by atoms with van der Waals surface area (Å²) in [5, 5.41) is 2.99. The normalized spacial score (nSPS) is 18.9. The summed E-state index contributed by atoms with van der Waals surface area (Å²) in [5.41, 5.74) is 3.58. The number of hydrogen-bond acceptors (Lipinski definition) is 4. The van der Waals surface area contributed by atoms with Crippen LogP contribution in [0, 0.1) is 0 Å². The number of pyridine rings is 1. The third-order valence-corrected chi connectivity index (χ3v) is 5.27. The molecule has 0 unspecified atom stereocenters. The van der Waals surface area contributed by atoms with Crippen molar-refractivity contribution in [2.75, 3.05) is 18.6 Å². The molecule has 6 heteroatoms. The van der Waals surface area contributed by atoms with E-state index in [1.807, 2.05) is 30.3 Å². The number of hydrogen-bond donors (Lipinski definition) is 1. The van der Waals surface area contributed by atoms with Crippen molar-refractivity contribution in [2.24, 2.45) is 0 Å². The average molecular weight is 365 g/mol. The molecule has 2 amide bonds. The van der Waals surface area contributed by atoms with E-state index in [0.717, 1.165) is 37.1 Å². The zero-order valence-electron chi connectivity index (χ0n) is 15.4. The molecule has 1 aromatic carbocycles. The van der Waals surface area contributed by atoms with Gasteiger partial charge in [-0.25, -0.2) is 0 Å². The zero-order valence-corrected chi connectivity index (χ0v) is 15.4. The monoisotopic (exact) mass is 365 g/mol. The predicted molar refractivity (Wildman–Crippen MR) is 102 cm³/mol. The van der Waals surface area contributed by atoms with Gasteiger partial charge in [0.1, 0.15) is 5.75 Å². The maximum atomic E-state index is 12.7. The molecule has 140 valence electrons. The molecule has 2 aliphatic rings. The van der Waals surface area contributed by atoms with Gasteiger partial charge in [0.25, 0.3) is 5.91 Å². The van der Waals surface area contributed by atoms with Crippen molar-refractivity contribution in [1.82, 2.24) is 10.3 Å². The Hall–Kier alpha value is -2.89. The standard InChI is InChI=1S/C21H23N3O3/c1-27-19-9-5-4-8-18(19)24-13-16(11-20(24)25)23-21(26)15-10-14-6-2-3-7-17(14)22-12-15/h4-5,8-10,12,16H,2-3,6-7,11,13H2,1H3,(H,23,26)/t16-/m1/s1. The summed E-state index contributed by atoms with van der Waals surface area (Å²) in [6.07, 6.45) is 6.20. The first-order valence-corrected chi connectivity index (χ1v) is 9.38. The largest absolute Gasteiger partial charge is 0.495 e. The maximum absolute atomic E-state index is 12.7. The van der Waals surface area contributed by atoms with Gasteiger partial charge in [-0.05, 0) is 49.4 Å². The fourth-order valence-corrected chi connectivity index (χ4v) is 3.87. The number of fused-ring (bicyclic) bond motifs is 1. The number of nitrogens with one attached hydrogen (secondary N) is 1. The molecule has 1 aliphatic carbocycles. The Labute approximate surface area is 158 Å². The number of carbonyl (C=O) groups is 2. The summed E-state index contributed by atoms with van der Waals surface area (Å²) in [5.74, 6) is 0.459. The molecule has 2 aromatic rings. The van der Waals surface area contributed by atoms with E-state index in [-0.39, 0.29) is 24.3 Å². The van der Waals surface area contributed by atoms with Gasteiger partial charge in [0, 0.05) is 24.9 Å². The van der Waals surface area contributed by atoms with Crippen LogP contribution >= 0.6 is 0 Å². The average Bonchev–Trinajstić information content (AvgIpc) is 3.07. The van der Waals surface area contributed by atoms with Crippen LogP contribution in [0.3, 0.4) is 0 Å². The van der Waals surface area contributed by atoms with Crippen LogP contribution in [0.15, 0.2) is 36.5 Å². The molecule has 27 heavy (non-hydrogen) atoms. The number of aryl methyl sites for hydroxylation is 2. The first-order chi connectivity index (χ1) is 13.2.